The van der Waals surface area contributed by atoms with E-state index in [1.54, 1.807) is 4.90 Å². The highest BCUT2D eigenvalue weighted by Crippen LogP contribution is 2.32. The van der Waals surface area contributed by atoms with Gasteiger partial charge in [-0.05, 0) is 54.3 Å². The van der Waals surface area contributed by atoms with Crippen LogP contribution in [0.15, 0.2) is 54.7 Å². The largest absolute Gasteiger partial charge is 0.370 e. The maximum atomic E-state index is 13.0. The lowest BCUT2D eigenvalue weighted by atomic mass is 10.0. The molecule has 8 nitrogen and oxygen atoms in total. The second-order valence-electron chi connectivity index (χ2n) is 10.1. The molecule has 0 aliphatic carbocycles. The Hall–Kier alpha value is -3.78. The normalized spacial score (nSPS) is 22.2. The lowest BCUT2D eigenvalue weighted by Gasteiger charge is -2.29. The number of hydrogen-bond donors (Lipinski definition) is 1. The Kier molecular flexibility index (Phi) is 5.68. The second kappa shape index (κ2) is 9.02. The fourth-order valence-electron chi connectivity index (χ4n) is 5.72. The number of imide groups is 1. The lowest BCUT2D eigenvalue weighted by molar-refractivity contribution is -0.136. The van der Waals surface area contributed by atoms with Gasteiger partial charge in [0.05, 0.1) is 5.52 Å². The Morgan fingerprint density at radius 1 is 1.08 bits per heavy atom. The summed E-state index contributed by atoms with van der Waals surface area (Å²) >= 11 is 0. The summed E-state index contributed by atoms with van der Waals surface area (Å²) in [5.74, 6) is -0.783. The standard InChI is InChI=1S/C28H29N5O3/c1-31(22-10-11-32(17-22)15-18-12-19-4-2-3-5-24(19)29-14-18)21-6-7-23-20(13-21)16-33(28(23)36)25-8-9-26(34)30-27(25)35/h2-7,12-14,22,25H,8-11,15-17H2,1H3,(H,30,34,35). The van der Waals surface area contributed by atoms with Crippen molar-refractivity contribution in [2.45, 2.75) is 44.4 Å². The zero-order valence-electron chi connectivity index (χ0n) is 20.3. The molecule has 2 unspecified atom stereocenters. The first-order valence-electron chi connectivity index (χ1n) is 12.5. The van der Waals surface area contributed by atoms with Gasteiger partial charge in [-0.15, -0.1) is 0 Å². The van der Waals surface area contributed by atoms with Gasteiger partial charge in [-0.2, -0.15) is 0 Å². The third-order valence-corrected chi connectivity index (χ3v) is 7.76. The van der Waals surface area contributed by atoms with Crippen molar-refractivity contribution in [3.05, 3.63) is 71.4 Å². The van der Waals surface area contributed by atoms with Gasteiger partial charge in [-0.25, -0.2) is 0 Å². The highest BCUT2D eigenvalue weighted by atomic mass is 16.2. The van der Waals surface area contributed by atoms with Gasteiger partial charge >= 0.3 is 0 Å². The quantitative estimate of drug-likeness (QED) is 0.562. The molecule has 2 saturated heterocycles. The number of carbonyl (C=O) groups excluding carboxylic acids is 3. The van der Waals surface area contributed by atoms with E-state index in [0.29, 0.717) is 24.6 Å². The molecule has 2 aromatic carbocycles. The number of para-hydroxylation sites is 1. The average molecular weight is 484 g/mol. The van der Waals surface area contributed by atoms with E-state index in [1.807, 2.05) is 36.5 Å². The molecule has 3 aliphatic rings. The van der Waals surface area contributed by atoms with Crippen LogP contribution in [0.4, 0.5) is 5.69 Å². The van der Waals surface area contributed by atoms with Crippen molar-refractivity contribution in [2.24, 2.45) is 0 Å². The minimum Gasteiger partial charge on any atom is -0.370 e. The predicted molar refractivity (Wildman–Crippen MR) is 136 cm³/mol. The first-order chi connectivity index (χ1) is 17.5. The van der Waals surface area contributed by atoms with Crippen molar-refractivity contribution < 1.29 is 14.4 Å². The van der Waals surface area contributed by atoms with Crippen molar-refractivity contribution in [3.63, 3.8) is 0 Å². The SMILES string of the molecule is CN(c1ccc2c(c1)CN(C1CCC(=O)NC1=O)C2=O)C1CCN(Cc2cnc3ccccc3c2)C1. The molecule has 3 aromatic rings. The van der Waals surface area contributed by atoms with Crippen molar-refractivity contribution in [1.29, 1.82) is 0 Å². The third-order valence-electron chi connectivity index (χ3n) is 7.76. The van der Waals surface area contributed by atoms with Crippen LogP contribution in [0.1, 0.15) is 40.7 Å². The summed E-state index contributed by atoms with van der Waals surface area (Å²) in [6, 6.07) is 16.2. The minimum atomic E-state index is -0.586. The molecule has 6 rings (SSSR count). The molecule has 1 N–H and O–H groups in total. The van der Waals surface area contributed by atoms with Gasteiger partial charge in [0, 0.05) is 68.5 Å². The van der Waals surface area contributed by atoms with Gasteiger partial charge in [0.25, 0.3) is 5.91 Å². The number of amides is 3. The Morgan fingerprint density at radius 3 is 2.81 bits per heavy atom. The summed E-state index contributed by atoms with van der Waals surface area (Å²) in [5, 5.41) is 3.53. The molecule has 1 aromatic heterocycles. The molecule has 0 radical (unpaired) electrons. The van der Waals surface area contributed by atoms with Crippen LogP contribution in [0.5, 0.6) is 0 Å². The number of piperidine rings is 1. The van der Waals surface area contributed by atoms with E-state index in [4.69, 9.17) is 0 Å². The molecule has 4 heterocycles. The molecule has 0 saturated carbocycles. The Bertz CT molecular complexity index is 1370. The monoisotopic (exact) mass is 483 g/mol. The minimum absolute atomic E-state index is 0.135. The van der Waals surface area contributed by atoms with E-state index in [-0.39, 0.29) is 24.1 Å². The summed E-state index contributed by atoms with van der Waals surface area (Å²) < 4.78 is 0. The average Bonchev–Trinajstić information content (AvgIpc) is 3.47. The number of anilines is 1. The molecule has 2 atom stereocenters. The summed E-state index contributed by atoms with van der Waals surface area (Å²) in [6.45, 7) is 3.26. The number of rotatable bonds is 5. The maximum absolute atomic E-state index is 13.0. The van der Waals surface area contributed by atoms with E-state index in [1.165, 1.54) is 10.9 Å². The number of likely N-dealkylation sites (N-methyl/N-ethyl adjacent to an activating group) is 1. The van der Waals surface area contributed by atoms with Gasteiger partial charge in [0.15, 0.2) is 0 Å². The first-order valence-corrected chi connectivity index (χ1v) is 12.5. The fraction of sp³-hybridized carbons (Fsp3) is 0.357. The zero-order chi connectivity index (χ0) is 24.8. The molecule has 0 bridgehead atoms. The molecular formula is C28H29N5O3. The summed E-state index contributed by atoms with van der Waals surface area (Å²) in [6.07, 6.45) is 3.68. The number of nitrogens with one attached hydrogen (secondary N) is 1. The van der Waals surface area contributed by atoms with E-state index in [0.717, 1.165) is 42.8 Å². The number of nitrogens with zero attached hydrogens (tertiary/aromatic N) is 4. The number of pyridine rings is 1. The topological polar surface area (TPSA) is 85.8 Å². The molecule has 8 heteroatoms. The smallest absolute Gasteiger partial charge is 0.255 e. The predicted octanol–water partition coefficient (Wildman–Crippen LogP) is 2.71. The summed E-state index contributed by atoms with van der Waals surface area (Å²) in [5.41, 5.74) is 4.90. The van der Waals surface area contributed by atoms with Gasteiger partial charge in [0.1, 0.15) is 6.04 Å². The Morgan fingerprint density at radius 2 is 1.94 bits per heavy atom. The molecule has 3 amide bonds. The number of hydrogen-bond acceptors (Lipinski definition) is 6. The van der Waals surface area contributed by atoms with Gasteiger partial charge in [-0.3, -0.25) is 29.6 Å². The van der Waals surface area contributed by atoms with E-state index in [9.17, 15) is 14.4 Å². The van der Waals surface area contributed by atoms with Crippen LogP contribution in [0, 0.1) is 0 Å². The summed E-state index contributed by atoms with van der Waals surface area (Å²) in [7, 11) is 2.11. The van der Waals surface area contributed by atoms with Crippen molar-refractivity contribution >= 4 is 34.3 Å². The van der Waals surface area contributed by atoms with Crippen LogP contribution in [0.25, 0.3) is 10.9 Å². The highest BCUT2D eigenvalue weighted by molar-refractivity contribution is 6.05. The van der Waals surface area contributed by atoms with Crippen LogP contribution >= 0.6 is 0 Å². The molecule has 184 valence electrons. The van der Waals surface area contributed by atoms with Crippen LogP contribution in [0.2, 0.25) is 0 Å². The first kappa shape index (κ1) is 22.7. The van der Waals surface area contributed by atoms with E-state index >= 15 is 0 Å². The Labute approximate surface area is 209 Å². The number of carbonyl (C=O) groups is 3. The van der Waals surface area contributed by atoms with Crippen LogP contribution in [-0.4, -0.2) is 64.7 Å². The lowest BCUT2D eigenvalue weighted by Crippen LogP contribution is -2.52. The number of aromatic nitrogens is 1. The van der Waals surface area contributed by atoms with Crippen molar-refractivity contribution in [1.82, 2.24) is 20.1 Å². The van der Waals surface area contributed by atoms with E-state index < -0.39 is 6.04 Å². The second-order valence-corrected chi connectivity index (χ2v) is 10.1. The van der Waals surface area contributed by atoms with Crippen LogP contribution < -0.4 is 10.2 Å². The third kappa shape index (κ3) is 4.11. The maximum Gasteiger partial charge on any atom is 0.255 e. The fourth-order valence-corrected chi connectivity index (χ4v) is 5.72. The molecule has 0 spiro atoms. The number of benzene rings is 2. The molecule has 2 fully saturated rings. The molecule has 36 heavy (non-hydrogen) atoms. The molecular weight excluding hydrogens is 454 g/mol. The van der Waals surface area contributed by atoms with Crippen molar-refractivity contribution in [3.8, 4) is 0 Å². The number of likely N-dealkylation sites (tertiary alicyclic amines) is 1. The van der Waals surface area contributed by atoms with Crippen LogP contribution in [0.3, 0.4) is 0 Å². The summed E-state index contributed by atoms with van der Waals surface area (Å²) in [4.78, 5) is 47.8. The van der Waals surface area contributed by atoms with Crippen LogP contribution in [-0.2, 0) is 22.7 Å². The zero-order valence-corrected chi connectivity index (χ0v) is 20.3. The number of fused-ring (bicyclic) bond motifs is 2. The van der Waals surface area contributed by atoms with Gasteiger partial charge < -0.3 is 9.80 Å². The van der Waals surface area contributed by atoms with Gasteiger partial charge in [0.2, 0.25) is 11.8 Å². The molecule has 3 aliphatic heterocycles. The Balaban J connectivity index is 1.12. The highest BCUT2D eigenvalue weighted by Gasteiger charge is 2.39. The van der Waals surface area contributed by atoms with Gasteiger partial charge in [-0.1, -0.05) is 18.2 Å². The van der Waals surface area contributed by atoms with Crippen molar-refractivity contribution in [2.75, 3.05) is 25.0 Å². The van der Waals surface area contributed by atoms with E-state index in [2.05, 4.69) is 45.3 Å².